The van der Waals surface area contributed by atoms with Gasteiger partial charge in [0.05, 0.1) is 46.2 Å². The maximum absolute atomic E-state index is 9.35. The molecule has 1 atom stereocenters. The Balaban J connectivity index is -0.000000510. The Morgan fingerprint density at radius 3 is 1.39 bits per heavy atom. The summed E-state index contributed by atoms with van der Waals surface area (Å²) in [7, 11) is -4.67. The molecular weight excluding hydrogens is 496 g/mol. The SMILES string of the molecule is CCCCCCOCC(O)OCCOCC.CCCCCCOCCOCCOCC.O=S(=O)(O)O. The summed E-state index contributed by atoms with van der Waals surface area (Å²) in [6.07, 6.45) is 8.94. The van der Waals surface area contributed by atoms with Crippen molar-refractivity contribution in [1.29, 1.82) is 0 Å². The molecule has 0 aromatic rings. The van der Waals surface area contributed by atoms with E-state index in [1.165, 1.54) is 44.9 Å². The molecule has 0 bridgehead atoms. The molecule has 3 N–H and O–H groups in total. The summed E-state index contributed by atoms with van der Waals surface area (Å²) >= 11 is 0. The Kier molecular flexibility index (Phi) is 38.5. The molecule has 0 heterocycles. The van der Waals surface area contributed by atoms with Crippen molar-refractivity contribution in [2.24, 2.45) is 0 Å². The molecule has 12 heteroatoms. The van der Waals surface area contributed by atoms with E-state index in [0.717, 1.165) is 19.6 Å². The first-order valence-corrected chi connectivity index (χ1v) is 14.5. The van der Waals surface area contributed by atoms with Crippen LogP contribution in [0.1, 0.15) is 79.1 Å². The molecule has 0 amide bonds. The number of hydrogen-bond donors (Lipinski definition) is 3. The summed E-state index contributed by atoms with van der Waals surface area (Å²) in [6, 6.07) is 0. The van der Waals surface area contributed by atoms with E-state index in [9.17, 15) is 5.11 Å². The van der Waals surface area contributed by atoms with Gasteiger partial charge in [0.2, 0.25) is 0 Å². The molecule has 0 aliphatic rings. The first kappa shape index (κ1) is 40.1. The molecule has 0 spiro atoms. The monoisotopic (exact) mass is 550 g/mol. The van der Waals surface area contributed by atoms with Crippen LogP contribution in [0.15, 0.2) is 0 Å². The highest BCUT2D eigenvalue weighted by Gasteiger charge is 2.03. The van der Waals surface area contributed by atoms with E-state index < -0.39 is 16.7 Å². The maximum Gasteiger partial charge on any atom is 0.394 e. The number of hydrogen-bond acceptors (Lipinski definition) is 9. The summed E-state index contributed by atoms with van der Waals surface area (Å²) in [5.41, 5.74) is 0. The Bertz CT molecular complexity index is 459. The van der Waals surface area contributed by atoms with Crippen molar-refractivity contribution in [2.45, 2.75) is 85.4 Å². The van der Waals surface area contributed by atoms with E-state index in [-0.39, 0.29) is 6.61 Å². The largest absolute Gasteiger partial charge is 0.394 e. The van der Waals surface area contributed by atoms with E-state index in [4.69, 9.17) is 45.9 Å². The number of ether oxygens (including phenoxy) is 6. The van der Waals surface area contributed by atoms with Crippen LogP contribution >= 0.6 is 0 Å². The van der Waals surface area contributed by atoms with Crippen LogP contribution in [-0.2, 0) is 38.8 Å². The standard InChI is InChI=1S/C12H26O4.C12H26O3.H2O4S/c1-3-5-6-7-8-15-11-12(13)16-10-9-14-4-2;1-3-5-6-7-8-14-11-12-15-10-9-13-4-2;1-5(2,3)4/h12-13H,3-11H2,1-2H3;3-12H2,1-2H3;(H2,1,2,3,4). The number of aliphatic hydroxyl groups excluding tert-OH is 1. The van der Waals surface area contributed by atoms with E-state index in [0.29, 0.717) is 52.9 Å². The first-order chi connectivity index (χ1) is 17.2. The van der Waals surface area contributed by atoms with Gasteiger partial charge in [0.1, 0.15) is 0 Å². The summed E-state index contributed by atoms with van der Waals surface area (Å²) in [6.45, 7) is 15.2. The highest BCUT2D eigenvalue weighted by Crippen LogP contribution is 2.00. The maximum atomic E-state index is 9.35. The third kappa shape index (κ3) is 54.5. The lowest BCUT2D eigenvalue weighted by Crippen LogP contribution is -2.21. The fraction of sp³-hybridized carbons (Fsp3) is 1.00. The van der Waals surface area contributed by atoms with Crippen molar-refractivity contribution in [3.8, 4) is 0 Å². The van der Waals surface area contributed by atoms with E-state index in [2.05, 4.69) is 13.8 Å². The van der Waals surface area contributed by atoms with Gasteiger partial charge >= 0.3 is 10.4 Å². The van der Waals surface area contributed by atoms with Gasteiger partial charge in [-0.2, -0.15) is 8.42 Å². The van der Waals surface area contributed by atoms with Crippen LogP contribution in [0, 0.1) is 0 Å². The van der Waals surface area contributed by atoms with Crippen molar-refractivity contribution in [3.05, 3.63) is 0 Å². The lowest BCUT2D eigenvalue weighted by atomic mass is 10.2. The van der Waals surface area contributed by atoms with E-state index in [1.807, 2.05) is 13.8 Å². The average molecular weight is 551 g/mol. The van der Waals surface area contributed by atoms with Gasteiger partial charge in [0, 0.05) is 26.4 Å². The van der Waals surface area contributed by atoms with Gasteiger partial charge in [-0.25, -0.2) is 0 Å². The Labute approximate surface area is 219 Å². The average Bonchev–Trinajstić information content (AvgIpc) is 2.82. The summed E-state index contributed by atoms with van der Waals surface area (Å²) in [4.78, 5) is 0. The molecule has 0 aromatic heterocycles. The van der Waals surface area contributed by atoms with Gasteiger partial charge in [-0.05, 0) is 26.7 Å². The molecule has 36 heavy (non-hydrogen) atoms. The second-order valence-corrected chi connectivity index (χ2v) is 8.48. The van der Waals surface area contributed by atoms with Crippen LogP contribution in [0.5, 0.6) is 0 Å². The zero-order chi connectivity index (χ0) is 27.8. The number of unbranched alkanes of at least 4 members (excludes halogenated alkanes) is 6. The van der Waals surface area contributed by atoms with Gasteiger partial charge in [-0.15, -0.1) is 0 Å². The smallest absolute Gasteiger partial charge is 0.379 e. The van der Waals surface area contributed by atoms with E-state index in [1.54, 1.807) is 0 Å². The number of aliphatic hydroxyl groups is 1. The quantitative estimate of drug-likeness (QED) is 0.0910. The molecular formula is C24H54O11S. The van der Waals surface area contributed by atoms with Crippen molar-refractivity contribution in [2.75, 3.05) is 72.7 Å². The molecule has 0 fully saturated rings. The molecule has 11 nitrogen and oxygen atoms in total. The van der Waals surface area contributed by atoms with Gasteiger partial charge in [-0.3, -0.25) is 9.11 Å². The topological polar surface area (TPSA) is 150 Å². The van der Waals surface area contributed by atoms with E-state index >= 15 is 0 Å². The number of rotatable bonds is 24. The first-order valence-electron chi connectivity index (χ1n) is 13.1. The Morgan fingerprint density at radius 2 is 0.944 bits per heavy atom. The Hall–Kier alpha value is -0.410. The van der Waals surface area contributed by atoms with Gasteiger partial charge in [0.15, 0.2) is 6.29 Å². The third-order valence-electron chi connectivity index (χ3n) is 4.24. The minimum Gasteiger partial charge on any atom is -0.379 e. The van der Waals surface area contributed by atoms with Gasteiger partial charge < -0.3 is 33.5 Å². The second-order valence-electron chi connectivity index (χ2n) is 7.59. The van der Waals surface area contributed by atoms with Crippen molar-refractivity contribution in [1.82, 2.24) is 0 Å². The zero-order valence-electron chi connectivity index (χ0n) is 23.0. The lowest BCUT2D eigenvalue weighted by Gasteiger charge is -2.12. The fourth-order valence-electron chi connectivity index (χ4n) is 2.47. The summed E-state index contributed by atoms with van der Waals surface area (Å²) < 4.78 is 62.9. The molecule has 222 valence electrons. The highest BCUT2D eigenvalue weighted by atomic mass is 32.3. The van der Waals surface area contributed by atoms with Crippen molar-refractivity contribution < 1.29 is 51.1 Å². The Morgan fingerprint density at radius 1 is 0.556 bits per heavy atom. The predicted octanol–water partition coefficient (Wildman–Crippen LogP) is 3.94. The summed E-state index contributed by atoms with van der Waals surface area (Å²) in [5, 5.41) is 9.35. The minimum atomic E-state index is -4.67. The molecule has 0 saturated carbocycles. The van der Waals surface area contributed by atoms with Gasteiger partial charge in [-0.1, -0.05) is 52.4 Å². The summed E-state index contributed by atoms with van der Waals surface area (Å²) in [5.74, 6) is 0. The highest BCUT2D eigenvalue weighted by molar-refractivity contribution is 7.79. The molecule has 0 aliphatic carbocycles. The van der Waals surface area contributed by atoms with Gasteiger partial charge in [0.25, 0.3) is 0 Å². The van der Waals surface area contributed by atoms with Crippen molar-refractivity contribution >= 4 is 10.4 Å². The normalized spacial score (nSPS) is 11.9. The molecule has 0 aliphatic heterocycles. The zero-order valence-corrected chi connectivity index (χ0v) is 23.8. The van der Waals surface area contributed by atoms with Crippen LogP contribution in [0.4, 0.5) is 0 Å². The predicted molar refractivity (Wildman–Crippen MR) is 140 cm³/mol. The third-order valence-corrected chi connectivity index (χ3v) is 4.24. The minimum absolute atomic E-state index is 0.248. The molecule has 0 saturated heterocycles. The van der Waals surface area contributed by atoms with Crippen molar-refractivity contribution in [3.63, 3.8) is 0 Å². The van der Waals surface area contributed by atoms with Crippen LogP contribution in [0.3, 0.4) is 0 Å². The van der Waals surface area contributed by atoms with Crippen LogP contribution in [0.2, 0.25) is 0 Å². The van der Waals surface area contributed by atoms with Crippen LogP contribution in [0.25, 0.3) is 0 Å². The van der Waals surface area contributed by atoms with Crippen LogP contribution < -0.4 is 0 Å². The molecule has 0 radical (unpaired) electrons. The lowest BCUT2D eigenvalue weighted by molar-refractivity contribution is -0.145. The second kappa shape index (κ2) is 34.6. The fourth-order valence-corrected chi connectivity index (χ4v) is 2.47. The molecule has 0 aromatic carbocycles. The molecule has 1 unspecified atom stereocenters. The van der Waals surface area contributed by atoms with Crippen LogP contribution in [-0.4, -0.2) is 102 Å². The molecule has 0 rings (SSSR count).